The van der Waals surface area contributed by atoms with Gasteiger partial charge >= 0.3 is 0 Å². The summed E-state index contributed by atoms with van der Waals surface area (Å²) in [5, 5.41) is 0. The van der Waals surface area contributed by atoms with Crippen molar-refractivity contribution in [3.8, 4) is 17.3 Å². The minimum atomic E-state index is 0.381. The summed E-state index contributed by atoms with van der Waals surface area (Å²) in [6, 6.07) is 1.99. The number of imidazole rings is 1. The maximum Gasteiger partial charge on any atom is 0.215 e. The lowest BCUT2D eigenvalue weighted by molar-refractivity contribution is 0.394. The SMILES string of the molecule is CCn1c(-c2cnc(OC)c(C)c2)nc2c(N)ncnc21. The smallest absolute Gasteiger partial charge is 0.215 e. The zero-order valence-corrected chi connectivity index (χ0v) is 12.2. The van der Waals surface area contributed by atoms with Crippen molar-refractivity contribution in [1.29, 1.82) is 0 Å². The Hall–Kier alpha value is -2.70. The average molecular weight is 284 g/mol. The highest BCUT2D eigenvalue weighted by Crippen LogP contribution is 2.27. The van der Waals surface area contributed by atoms with Crippen LogP contribution in [0.1, 0.15) is 12.5 Å². The number of pyridine rings is 1. The van der Waals surface area contributed by atoms with Crippen LogP contribution in [0.3, 0.4) is 0 Å². The molecule has 7 nitrogen and oxygen atoms in total. The molecule has 2 N–H and O–H groups in total. The van der Waals surface area contributed by atoms with E-state index in [0.717, 1.165) is 29.1 Å². The first kappa shape index (κ1) is 13.3. The molecule has 0 fully saturated rings. The second kappa shape index (κ2) is 5.01. The van der Waals surface area contributed by atoms with Crippen LogP contribution in [-0.4, -0.2) is 31.6 Å². The van der Waals surface area contributed by atoms with Gasteiger partial charge in [-0.2, -0.15) is 0 Å². The summed E-state index contributed by atoms with van der Waals surface area (Å²) in [6.07, 6.45) is 3.19. The predicted octanol–water partition coefficient (Wildman–Crippen LogP) is 1.81. The summed E-state index contributed by atoms with van der Waals surface area (Å²) in [5.74, 6) is 1.77. The van der Waals surface area contributed by atoms with Crippen molar-refractivity contribution in [2.75, 3.05) is 12.8 Å². The summed E-state index contributed by atoms with van der Waals surface area (Å²) >= 11 is 0. The number of aromatic nitrogens is 5. The van der Waals surface area contributed by atoms with Crippen LogP contribution in [0, 0.1) is 6.92 Å². The van der Waals surface area contributed by atoms with Gasteiger partial charge in [0.1, 0.15) is 12.2 Å². The van der Waals surface area contributed by atoms with Crippen molar-refractivity contribution in [3.05, 3.63) is 24.2 Å². The molecule has 0 saturated carbocycles. The molecule has 7 heteroatoms. The molecule has 108 valence electrons. The summed E-state index contributed by atoms with van der Waals surface area (Å²) < 4.78 is 7.19. The lowest BCUT2D eigenvalue weighted by atomic mass is 10.2. The predicted molar refractivity (Wildman–Crippen MR) is 79.9 cm³/mol. The Balaban J connectivity index is 2.24. The molecule has 0 bridgehead atoms. The van der Waals surface area contributed by atoms with E-state index in [-0.39, 0.29) is 0 Å². The van der Waals surface area contributed by atoms with E-state index in [4.69, 9.17) is 10.5 Å². The van der Waals surface area contributed by atoms with Crippen LogP contribution in [0.5, 0.6) is 5.88 Å². The first-order valence-electron chi connectivity index (χ1n) is 6.63. The van der Waals surface area contributed by atoms with Gasteiger partial charge in [-0.05, 0) is 19.9 Å². The molecular weight excluding hydrogens is 268 g/mol. The van der Waals surface area contributed by atoms with E-state index in [0.29, 0.717) is 17.2 Å². The van der Waals surface area contributed by atoms with Crippen molar-refractivity contribution in [1.82, 2.24) is 24.5 Å². The van der Waals surface area contributed by atoms with Gasteiger partial charge in [0.15, 0.2) is 17.0 Å². The number of hydrogen-bond donors (Lipinski definition) is 1. The van der Waals surface area contributed by atoms with Gasteiger partial charge in [0.25, 0.3) is 0 Å². The third-order valence-corrected chi connectivity index (χ3v) is 3.36. The summed E-state index contributed by atoms with van der Waals surface area (Å²) in [6.45, 7) is 4.71. The highest BCUT2D eigenvalue weighted by molar-refractivity contribution is 5.85. The number of methoxy groups -OCH3 is 1. The Kier molecular flexibility index (Phi) is 3.17. The molecule has 0 aliphatic heterocycles. The Bertz CT molecular complexity index is 811. The number of fused-ring (bicyclic) bond motifs is 1. The van der Waals surface area contributed by atoms with Gasteiger partial charge < -0.3 is 15.0 Å². The third kappa shape index (κ3) is 2.06. The molecule has 0 unspecified atom stereocenters. The molecule has 0 aliphatic rings. The van der Waals surface area contributed by atoms with Crippen LogP contribution in [-0.2, 0) is 6.54 Å². The number of anilines is 1. The maximum absolute atomic E-state index is 5.88. The first-order valence-corrected chi connectivity index (χ1v) is 6.63. The van der Waals surface area contributed by atoms with E-state index >= 15 is 0 Å². The van der Waals surface area contributed by atoms with Gasteiger partial charge in [-0.15, -0.1) is 0 Å². The molecular formula is C14H16N6O. The highest BCUT2D eigenvalue weighted by Gasteiger charge is 2.16. The normalized spacial score (nSPS) is 11.0. The Morgan fingerprint density at radius 1 is 1.29 bits per heavy atom. The number of rotatable bonds is 3. The average Bonchev–Trinajstić information content (AvgIpc) is 2.87. The van der Waals surface area contributed by atoms with E-state index < -0.39 is 0 Å². The Morgan fingerprint density at radius 3 is 2.76 bits per heavy atom. The molecule has 0 amide bonds. The van der Waals surface area contributed by atoms with Crippen LogP contribution < -0.4 is 10.5 Å². The molecule has 21 heavy (non-hydrogen) atoms. The van der Waals surface area contributed by atoms with Crippen molar-refractivity contribution in [2.45, 2.75) is 20.4 Å². The van der Waals surface area contributed by atoms with E-state index in [1.807, 2.05) is 24.5 Å². The van der Waals surface area contributed by atoms with Gasteiger partial charge in [0.05, 0.1) is 7.11 Å². The number of aryl methyl sites for hydroxylation is 2. The molecule has 0 aromatic carbocycles. The van der Waals surface area contributed by atoms with E-state index in [1.54, 1.807) is 13.3 Å². The van der Waals surface area contributed by atoms with Crippen molar-refractivity contribution in [3.63, 3.8) is 0 Å². The largest absolute Gasteiger partial charge is 0.481 e. The lowest BCUT2D eigenvalue weighted by Crippen LogP contribution is -2.00. The van der Waals surface area contributed by atoms with Crippen LogP contribution in [0.25, 0.3) is 22.6 Å². The first-order chi connectivity index (χ1) is 10.2. The topological polar surface area (TPSA) is 91.7 Å². The summed E-state index contributed by atoms with van der Waals surface area (Å²) in [7, 11) is 1.60. The fourth-order valence-corrected chi connectivity index (χ4v) is 2.37. The van der Waals surface area contributed by atoms with Gasteiger partial charge in [-0.25, -0.2) is 19.9 Å². The molecule has 3 rings (SSSR count). The highest BCUT2D eigenvalue weighted by atomic mass is 16.5. The Labute approximate surface area is 121 Å². The number of nitrogen functional groups attached to an aromatic ring is 1. The van der Waals surface area contributed by atoms with Crippen molar-refractivity contribution < 1.29 is 4.74 Å². The number of hydrogen-bond acceptors (Lipinski definition) is 6. The van der Waals surface area contributed by atoms with E-state index in [2.05, 4.69) is 19.9 Å². The summed E-state index contributed by atoms with van der Waals surface area (Å²) in [4.78, 5) is 17.1. The molecule has 0 aliphatic carbocycles. The van der Waals surface area contributed by atoms with E-state index in [9.17, 15) is 0 Å². The van der Waals surface area contributed by atoms with Crippen LogP contribution in [0.4, 0.5) is 5.82 Å². The molecule has 3 aromatic rings. The zero-order chi connectivity index (χ0) is 15.0. The number of nitrogens with zero attached hydrogens (tertiary/aromatic N) is 5. The quantitative estimate of drug-likeness (QED) is 0.788. The molecule has 3 aromatic heterocycles. The Morgan fingerprint density at radius 2 is 2.10 bits per heavy atom. The minimum absolute atomic E-state index is 0.381. The standard InChI is InChI=1S/C14H16N6O/c1-4-20-12(9-5-8(2)14(21-3)16-6-9)19-10-11(15)17-7-18-13(10)20/h5-7H,4H2,1-3H3,(H2,15,17,18). The zero-order valence-electron chi connectivity index (χ0n) is 12.2. The van der Waals surface area contributed by atoms with Gasteiger partial charge in [0.2, 0.25) is 5.88 Å². The van der Waals surface area contributed by atoms with Crippen molar-refractivity contribution >= 4 is 17.0 Å². The summed E-state index contributed by atoms with van der Waals surface area (Å²) in [5.41, 5.74) is 9.07. The molecule has 0 radical (unpaired) electrons. The second-order valence-electron chi connectivity index (χ2n) is 4.66. The van der Waals surface area contributed by atoms with Crippen LogP contribution >= 0.6 is 0 Å². The molecule has 0 atom stereocenters. The van der Waals surface area contributed by atoms with Crippen LogP contribution in [0.15, 0.2) is 18.6 Å². The monoisotopic (exact) mass is 284 g/mol. The molecule has 0 saturated heterocycles. The van der Waals surface area contributed by atoms with Gasteiger partial charge in [-0.1, -0.05) is 0 Å². The van der Waals surface area contributed by atoms with Crippen LogP contribution in [0.2, 0.25) is 0 Å². The maximum atomic E-state index is 5.88. The lowest BCUT2D eigenvalue weighted by Gasteiger charge is -2.08. The van der Waals surface area contributed by atoms with Crippen molar-refractivity contribution in [2.24, 2.45) is 0 Å². The van der Waals surface area contributed by atoms with E-state index in [1.165, 1.54) is 6.33 Å². The third-order valence-electron chi connectivity index (χ3n) is 3.36. The fraction of sp³-hybridized carbons (Fsp3) is 0.286. The minimum Gasteiger partial charge on any atom is -0.481 e. The fourth-order valence-electron chi connectivity index (χ4n) is 2.37. The van der Waals surface area contributed by atoms with Gasteiger partial charge in [0, 0.05) is 23.9 Å². The molecule has 3 heterocycles. The second-order valence-corrected chi connectivity index (χ2v) is 4.66. The van der Waals surface area contributed by atoms with Gasteiger partial charge in [-0.3, -0.25) is 0 Å². The number of ether oxygens (including phenoxy) is 1. The molecule has 0 spiro atoms. The number of nitrogens with two attached hydrogens (primary N) is 1.